The van der Waals surface area contributed by atoms with Crippen LogP contribution in [0.4, 0.5) is 5.69 Å². The third-order valence-corrected chi connectivity index (χ3v) is 3.24. The molecule has 0 fully saturated rings. The average Bonchev–Trinajstić information content (AvgIpc) is 2.36. The van der Waals surface area contributed by atoms with E-state index in [1.54, 1.807) is 32.0 Å². The van der Waals surface area contributed by atoms with Crippen LogP contribution in [0.1, 0.15) is 19.4 Å². The van der Waals surface area contributed by atoms with Crippen LogP contribution < -0.4 is 5.32 Å². The zero-order valence-corrected chi connectivity index (χ0v) is 11.0. The quantitative estimate of drug-likeness (QED) is 0.507. The highest BCUT2D eigenvalue weighted by Crippen LogP contribution is 2.20. The Morgan fingerprint density at radius 1 is 1.44 bits per heavy atom. The molecule has 0 aliphatic rings. The van der Waals surface area contributed by atoms with Crippen molar-refractivity contribution in [3.8, 4) is 0 Å². The molecule has 0 heterocycles. The van der Waals surface area contributed by atoms with Crippen LogP contribution in [0.25, 0.3) is 0 Å². The standard InChI is InChI=1S/C12H15ClN2O3/c1-12(2,8-13)11(16)14-7-9-5-3-4-6-10(9)15(17)18/h3-6H,7-8H2,1-2H3,(H,14,16). The summed E-state index contributed by atoms with van der Waals surface area (Å²) in [5, 5.41) is 13.4. The zero-order valence-electron chi connectivity index (χ0n) is 10.3. The van der Waals surface area contributed by atoms with Crippen LogP contribution in [-0.4, -0.2) is 16.7 Å². The molecule has 0 radical (unpaired) electrons. The molecule has 1 aromatic carbocycles. The van der Waals surface area contributed by atoms with E-state index in [-0.39, 0.29) is 24.0 Å². The lowest BCUT2D eigenvalue weighted by Crippen LogP contribution is -2.37. The fourth-order valence-corrected chi connectivity index (χ4v) is 1.44. The second kappa shape index (κ2) is 5.82. The second-order valence-corrected chi connectivity index (χ2v) is 4.85. The van der Waals surface area contributed by atoms with Gasteiger partial charge in [-0.05, 0) is 13.8 Å². The second-order valence-electron chi connectivity index (χ2n) is 4.59. The minimum Gasteiger partial charge on any atom is -0.351 e. The van der Waals surface area contributed by atoms with Crippen molar-refractivity contribution in [2.45, 2.75) is 20.4 Å². The third kappa shape index (κ3) is 3.43. The van der Waals surface area contributed by atoms with Crippen molar-refractivity contribution >= 4 is 23.2 Å². The molecule has 1 amide bonds. The first-order valence-corrected chi connectivity index (χ1v) is 5.98. The summed E-state index contributed by atoms with van der Waals surface area (Å²) < 4.78 is 0. The fraction of sp³-hybridized carbons (Fsp3) is 0.417. The molecule has 1 N–H and O–H groups in total. The zero-order chi connectivity index (χ0) is 13.8. The highest BCUT2D eigenvalue weighted by Gasteiger charge is 2.26. The molecule has 0 aromatic heterocycles. The van der Waals surface area contributed by atoms with Crippen molar-refractivity contribution in [3.63, 3.8) is 0 Å². The highest BCUT2D eigenvalue weighted by atomic mass is 35.5. The minimum absolute atomic E-state index is 0.00137. The minimum atomic E-state index is -0.689. The summed E-state index contributed by atoms with van der Waals surface area (Å²) in [4.78, 5) is 22.1. The first-order valence-electron chi connectivity index (χ1n) is 5.45. The predicted octanol–water partition coefficient (Wildman–Crippen LogP) is 2.48. The summed E-state index contributed by atoms with van der Waals surface area (Å²) in [6.07, 6.45) is 0. The van der Waals surface area contributed by atoms with Crippen LogP contribution in [-0.2, 0) is 11.3 Å². The van der Waals surface area contributed by atoms with Gasteiger partial charge in [0.15, 0.2) is 0 Å². The van der Waals surface area contributed by atoms with E-state index in [0.29, 0.717) is 5.56 Å². The lowest BCUT2D eigenvalue weighted by atomic mass is 9.95. The molecule has 0 saturated heterocycles. The number of nitro benzene ring substituents is 1. The number of halogens is 1. The van der Waals surface area contributed by atoms with Gasteiger partial charge in [0.2, 0.25) is 5.91 Å². The molecule has 0 spiro atoms. The Morgan fingerprint density at radius 2 is 2.06 bits per heavy atom. The van der Waals surface area contributed by atoms with Crippen molar-refractivity contribution in [1.29, 1.82) is 0 Å². The van der Waals surface area contributed by atoms with Crippen LogP contribution >= 0.6 is 11.6 Å². The van der Waals surface area contributed by atoms with Gasteiger partial charge in [-0.25, -0.2) is 0 Å². The Labute approximate surface area is 110 Å². The number of nitrogens with zero attached hydrogens (tertiary/aromatic N) is 1. The van der Waals surface area contributed by atoms with E-state index in [1.807, 2.05) is 0 Å². The number of carbonyl (C=O) groups excluding carboxylic acids is 1. The Kier molecular flexibility index (Phi) is 4.67. The van der Waals surface area contributed by atoms with Crippen LogP contribution in [0.5, 0.6) is 0 Å². The van der Waals surface area contributed by atoms with Gasteiger partial charge in [-0.2, -0.15) is 0 Å². The van der Waals surface area contributed by atoms with Gasteiger partial charge >= 0.3 is 0 Å². The average molecular weight is 271 g/mol. The largest absolute Gasteiger partial charge is 0.351 e. The van der Waals surface area contributed by atoms with E-state index in [0.717, 1.165) is 0 Å². The predicted molar refractivity (Wildman–Crippen MR) is 69.4 cm³/mol. The summed E-state index contributed by atoms with van der Waals surface area (Å²) in [5.74, 6) is -0.0361. The molecule has 0 unspecified atom stereocenters. The smallest absolute Gasteiger partial charge is 0.274 e. The molecule has 6 heteroatoms. The molecule has 5 nitrogen and oxygen atoms in total. The van der Waals surface area contributed by atoms with Gasteiger partial charge in [0.05, 0.1) is 10.3 Å². The maximum absolute atomic E-state index is 11.8. The molecule has 0 atom stereocenters. The molecule has 0 saturated carbocycles. The molecule has 0 bridgehead atoms. The molecule has 18 heavy (non-hydrogen) atoms. The van der Waals surface area contributed by atoms with Gasteiger partial charge in [-0.3, -0.25) is 14.9 Å². The number of nitrogens with one attached hydrogen (secondary N) is 1. The number of nitro groups is 1. The van der Waals surface area contributed by atoms with E-state index >= 15 is 0 Å². The Balaban J connectivity index is 2.76. The van der Waals surface area contributed by atoms with E-state index < -0.39 is 10.3 Å². The number of alkyl halides is 1. The van der Waals surface area contributed by atoms with E-state index in [1.165, 1.54) is 6.07 Å². The number of hydrogen-bond acceptors (Lipinski definition) is 3. The third-order valence-electron chi connectivity index (χ3n) is 2.58. The molecule has 98 valence electrons. The summed E-state index contributed by atoms with van der Waals surface area (Å²) >= 11 is 5.68. The summed E-state index contributed by atoms with van der Waals surface area (Å²) in [6, 6.07) is 6.31. The number of amides is 1. The number of rotatable bonds is 5. The number of para-hydroxylation sites is 1. The maximum atomic E-state index is 11.8. The lowest BCUT2D eigenvalue weighted by Gasteiger charge is -2.20. The molecule has 0 aliphatic heterocycles. The Hall–Kier alpha value is -1.62. The van der Waals surface area contributed by atoms with Crippen molar-refractivity contribution in [3.05, 3.63) is 39.9 Å². The van der Waals surface area contributed by atoms with Crippen molar-refractivity contribution in [1.82, 2.24) is 5.32 Å². The SMILES string of the molecule is CC(C)(CCl)C(=O)NCc1ccccc1[N+](=O)[O-]. The summed E-state index contributed by atoms with van der Waals surface area (Å²) in [7, 11) is 0. The van der Waals surface area contributed by atoms with Crippen molar-refractivity contribution < 1.29 is 9.72 Å². The fourth-order valence-electron chi connectivity index (χ4n) is 1.31. The Bertz CT molecular complexity index is 460. The topological polar surface area (TPSA) is 72.2 Å². The molecular formula is C12H15ClN2O3. The monoisotopic (exact) mass is 270 g/mol. The summed E-state index contributed by atoms with van der Waals surface area (Å²) in [5.41, 5.74) is -0.215. The maximum Gasteiger partial charge on any atom is 0.274 e. The highest BCUT2D eigenvalue weighted by molar-refractivity contribution is 6.19. The van der Waals surface area contributed by atoms with Gasteiger partial charge in [0.1, 0.15) is 0 Å². The molecule has 1 rings (SSSR count). The molecule has 1 aromatic rings. The van der Waals surface area contributed by atoms with Gasteiger partial charge in [0, 0.05) is 24.1 Å². The molecule has 0 aliphatic carbocycles. The van der Waals surface area contributed by atoms with Crippen molar-refractivity contribution in [2.75, 3.05) is 5.88 Å². The van der Waals surface area contributed by atoms with E-state index in [4.69, 9.17) is 11.6 Å². The van der Waals surface area contributed by atoms with Crippen LogP contribution in [0.15, 0.2) is 24.3 Å². The number of hydrogen-bond donors (Lipinski definition) is 1. The van der Waals surface area contributed by atoms with Crippen LogP contribution in [0.3, 0.4) is 0 Å². The van der Waals surface area contributed by atoms with E-state index in [2.05, 4.69) is 5.32 Å². The first kappa shape index (κ1) is 14.4. The van der Waals surface area contributed by atoms with Gasteiger partial charge in [-0.15, -0.1) is 11.6 Å². The van der Waals surface area contributed by atoms with Crippen LogP contribution in [0.2, 0.25) is 0 Å². The van der Waals surface area contributed by atoms with Gasteiger partial charge in [-0.1, -0.05) is 18.2 Å². The van der Waals surface area contributed by atoms with E-state index in [9.17, 15) is 14.9 Å². The van der Waals surface area contributed by atoms with Crippen LogP contribution in [0, 0.1) is 15.5 Å². The lowest BCUT2D eigenvalue weighted by molar-refractivity contribution is -0.385. The van der Waals surface area contributed by atoms with Gasteiger partial charge in [0.25, 0.3) is 5.69 Å². The first-order chi connectivity index (χ1) is 8.38. The Morgan fingerprint density at radius 3 is 2.61 bits per heavy atom. The van der Waals surface area contributed by atoms with Gasteiger partial charge < -0.3 is 5.32 Å². The number of benzene rings is 1. The number of carbonyl (C=O) groups is 1. The van der Waals surface area contributed by atoms with Crippen molar-refractivity contribution in [2.24, 2.45) is 5.41 Å². The summed E-state index contributed by atoms with van der Waals surface area (Å²) in [6.45, 7) is 3.56. The molecular weight excluding hydrogens is 256 g/mol. The normalized spacial score (nSPS) is 11.1.